The van der Waals surface area contributed by atoms with Crippen LogP contribution in [0.1, 0.15) is 11.1 Å². The summed E-state index contributed by atoms with van der Waals surface area (Å²) in [5, 5.41) is 2.87. The Balaban J connectivity index is 1.16. The molecule has 4 rings (SSSR count). The standard InChI is InChI=1S/C25H25NO5/c27-25(26-13-12-19-6-11-23-24(16-19)29-15-14-28-23)18-31-22-9-7-21(8-10-22)30-17-20-4-2-1-3-5-20/h1-11,16H,12-15,17-18H2,(H,26,27). The van der Waals surface area contributed by atoms with E-state index in [2.05, 4.69) is 5.32 Å². The Morgan fingerprint density at radius 1 is 0.806 bits per heavy atom. The predicted octanol–water partition coefficient (Wildman–Crippen LogP) is 3.77. The van der Waals surface area contributed by atoms with Gasteiger partial charge in [-0.05, 0) is 53.9 Å². The summed E-state index contributed by atoms with van der Waals surface area (Å²) >= 11 is 0. The molecule has 0 atom stereocenters. The molecule has 6 nitrogen and oxygen atoms in total. The summed E-state index contributed by atoms with van der Waals surface area (Å²) in [6.07, 6.45) is 0.704. The molecule has 3 aromatic carbocycles. The van der Waals surface area contributed by atoms with Gasteiger partial charge < -0.3 is 24.3 Å². The zero-order chi connectivity index (χ0) is 21.3. The summed E-state index contributed by atoms with van der Waals surface area (Å²) < 4.78 is 22.4. The van der Waals surface area contributed by atoms with Gasteiger partial charge in [0.25, 0.3) is 5.91 Å². The quantitative estimate of drug-likeness (QED) is 0.572. The van der Waals surface area contributed by atoms with Gasteiger partial charge in [0.1, 0.15) is 31.3 Å². The fourth-order valence-corrected chi connectivity index (χ4v) is 3.16. The summed E-state index contributed by atoms with van der Waals surface area (Å²) in [6, 6.07) is 23.1. The minimum Gasteiger partial charge on any atom is -0.489 e. The monoisotopic (exact) mass is 419 g/mol. The third-order valence-corrected chi connectivity index (χ3v) is 4.78. The Morgan fingerprint density at radius 2 is 1.52 bits per heavy atom. The Kier molecular flexibility index (Phi) is 6.90. The lowest BCUT2D eigenvalue weighted by molar-refractivity contribution is -0.123. The Hall–Kier alpha value is -3.67. The van der Waals surface area contributed by atoms with Gasteiger partial charge in [0.15, 0.2) is 18.1 Å². The molecule has 3 aromatic rings. The first-order chi connectivity index (χ1) is 15.3. The van der Waals surface area contributed by atoms with Crippen LogP contribution in [0.5, 0.6) is 23.0 Å². The lowest BCUT2D eigenvalue weighted by atomic mass is 10.1. The van der Waals surface area contributed by atoms with E-state index in [1.807, 2.05) is 60.7 Å². The molecule has 0 unspecified atom stereocenters. The summed E-state index contributed by atoms with van der Waals surface area (Å²) in [6.45, 7) is 2.13. The van der Waals surface area contributed by atoms with Gasteiger partial charge in [0, 0.05) is 6.54 Å². The highest BCUT2D eigenvalue weighted by Gasteiger charge is 2.11. The zero-order valence-corrected chi connectivity index (χ0v) is 17.2. The second kappa shape index (κ2) is 10.4. The molecule has 0 radical (unpaired) electrons. The second-order valence-corrected chi connectivity index (χ2v) is 7.11. The number of fused-ring (bicyclic) bond motifs is 1. The van der Waals surface area contributed by atoms with E-state index in [0.717, 1.165) is 28.4 Å². The number of ether oxygens (including phenoxy) is 4. The summed E-state index contributed by atoms with van der Waals surface area (Å²) in [5.74, 6) is 2.73. The first kappa shape index (κ1) is 20.6. The summed E-state index contributed by atoms with van der Waals surface area (Å²) in [4.78, 5) is 12.1. The minimum absolute atomic E-state index is 0.0364. The molecule has 6 heteroatoms. The number of benzene rings is 3. The molecule has 0 aliphatic carbocycles. The van der Waals surface area contributed by atoms with Crippen LogP contribution < -0.4 is 24.3 Å². The highest BCUT2D eigenvalue weighted by atomic mass is 16.6. The van der Waals surface area contributed by atoms with Crippen LogP contribution in [0.4, 0.5) is 0 Å². The van der Waals surface area contributed by atoms with Crippen molar-refractivity contribution in [2.75, 3.05) is 26.4 Å². The van der Waals surface area contributed by atoms with E-state index in [0.29, 0.717) is 38.5 Å². The van der Waals surface area contributed by atoms with Gasteiger partial charge >= 0.3 is 0 Å². The molecule has 1 amide bonds. The van der Waals surface area contributed by atoms with Crippen LogP contribution >= 0.6 is 0 Å². The maximum Gasteiger partial charge on any atom is 0.257 e. The first-order valence-corrected chi connectivity index (χ1v) is 10.3. The molecule has 0 saturated carbocycles. The average Bonchev–Trinajstić information content (AvgIpc) is 2.83. The molecule has 0 bridgehead atoms. The molecule has 160 valence electrons. The van der Waals surface area contributed by atoms with Crippen LogP contribution in [0.3, 0.4) is 0 Å². The third kappa shape index (κ3) is 6.15. The van der Waals surface area contributed by atoms with E-state index in [1.165, 1.54) is 0 Å². The maximum atomic E-state index is 12.1. The molecule has 0 fully saturated rings. The Labute approximate surface area is 181 Å². The molecule has 31 heavy (non-hydrogen) atoms. The van der Waals surface area contributed by atoms with Crippen molar-refractivity contribution in [3.63, 3.8) is 0 Å². The van der Waals surface area contributed by atoms with Gasteiger partial charge in [-0.2, -0.15) is 0 Å². The largest absolute Gasteiger partial charge is 0.489 e. The smallest absolute Gasteiger partial charge is 0.257 e. The number of rotatable bonds is 9. The minimum atomic E-state index is -0.165. The van der Waals surface area contributed by atoms with Gasteiger partial charge in [-0.15, -0.1) is 0 Å². The average molecular weight is 419 g/mol. The highest BCUT2D eigenvalue weighted by molar-refractivity contribution is 5.77. The van der Waals surface area contributed by atoms with Crippen molar-refractivity contribution in [3.8, 4) is 23.0 Å². The van der Waals surface area contributed by atoms with Gasteiger partial charge in [0.05, 0.1) is 0 Å². The lowest BCUT2D eigenvalue weighted by Crippen LogP contribution is -2.30. The summed E-state index contributed by atoms with van der Waals surface area (Å²) in [7, 11) is 0. The molecule has 1 heterocycles. The number of carbonyl (C=O) groups is 1. The number of nitrogens with one attached hydrogen (secondary N) is 1. The van der Waals surface area contributed by atoms with E-state index in [1.54, 1.807) is 12.1 Å². The van der Waals surface area contributed by atoms with Gasteiger partial charge in [0.2, 0.25) is 0 Å². The van der Waals surface area contributed by atoms with Gasteiger partial charge in [-0.3, -0.25) is 4.79 Å². The van der Waals surface area contributed by atoms with Crippen molar-refractivity contribution >= 4 is 5.91 Å². The second-order valence-electron chi connectivity index (χ2n) is 7.11. The molecule has 1 aliphatic rings. The Morgan fingerprint density at radius 3 is 2.29 bits per heavy atom. The van der Waals surface area contributed by atoms with Crippen molar-refractivity contribution in [1.29, 1.82) is 0 Å². The normalized spacial score (nSPS) is 12.1. The topological polar surface area (TPSA) is 66.0 Å². The molecular weight excluding hydrogens is 394 g/mol. The zero-order valence-electron chi connectivity index (χ0n) is 17.2. The van der Waals surface area contributed by atoms with Crippen LogP contribution in [-0.2, 0) is 17.8 Å². The molecule has 1 N–H and O–H groups in total. The first-order valence-electron chi connectivity index (χ1n) is 10.3. The van der Waals surface area contributed by atoms with Crippen molar-refractivity contribution in [2.24, 2.45) is 0 Å². The molecule has 0 spiro atoms. The lowest BCUT2D eigenvalue weighted by Gasteiger charge is -2.18. The highest BCUT2D eigenvalue weighted by Crippen LogP contribution is 2.30. The van der Waals surface area contributed by atoms with E-state index >= 15 is 0 Å². The predicted molar refractivity (Wildman–Crippen MR) is 117 cm³/mol. The van der Waals surface area contributed by atoms with Crippen LogP contribution in [0.15, 0.2) is 72.8 Å². The van der Waals surface area contributed by atoms with E-state index in [4.69, 9.17) is 18.9 Å². The van der Waals surface area contributed by atoms with Crippen LogP contribution in [0, 0.1) is 0 Å². The van der Waals surface area contributed by atoms with Crippen molar-refractivity contribution in [3.05, 3.63) is 83.9 Å². The van der Waals surface area contributed by atoms with Crippen LogP contribution in [0.25, 0.3) is 0 Å². The molecule has 0 saturated heterocycles. The van der Waals surface area contributed by atoms with E-state index < -0.39 is 0 Å². The molecule has 0 aromatic heterocycles. The third-order valence-electron chi connectivity index (χ3n) is 4.78. The number of amides is 1. The van der Waals surface area contributed by atoms with E-state index in [9.17, 15) is 4.79 Å². The van der Waals surface area contributed by atoms with Crippen molar-refractivity contribution < 1.29 is 23.7 Å². The number of carbonyl (C=O) groups excluding carboxylic acids is 1. The summed E-state index contributed by atoms with van der Waals surface area (Å²) in [5.41, 5.74) is 2.19. The van der Waals surface area contributed by atoms with Crippen LogP contribution in [0.2, 0.25) is 0 Å². The van der Waals surface area contributed by atoms with Crippen molar-refractivity contribution in [2.45, 2.75) is 13.0 Å². The van der Waals surface area contributed by atoms with Gasteiger partial charge in [-0.1, -0.05) is 36.4 Å². The maximum absolute atomic E-state index is 12.1. The number of hydrogen-bond acceptors (Lipinski definition) is 5. The fraction of sp³-hybridized carbons (Fsp3) is 0.240. The molecular formula is C25H25NO5. The Bertz CT molecular complexity index is 989. The molecule has 1 aliphatic heterocycles. The fourth-order valence-electron chi connectivity index (χ4n) is 3.16. The van der Waals surface area contributed by atoms with Crippen LogP contribution in [-0.4, -0.2) is 32.3 Å². The van der Waals surface area contributed by atoms with E-state index in [-0.39, 0.29) is 12.5 Å². The SMILES string of the molecule is O=C(COc1ccc(OCc2ccccc2)cc1)NCCc1ccc2c(c1)OCCO2. The van der Waals surface area contributed by atoms with Crippen molar-refractivity contribution in [1.82, 2.24) is 5.32 Å². The van der Waals surface area contributed by atoms with Gasteiger partial charge in [-0.25, -0.2) is 0 Å². The number of hydrogen-bond donors (Lipinski definition) is 1.